The van der Waals surface area contributed by atoms with Crippen LogP contribution in [0.15, 0.2) is 78.9 Å². The summed E-state index contributed by atoms with van der Waals surface area (Å²) in [6, 6.07) is 21.4. The first-order chi connectivity index (χ1) is 66.2. The second-order valence-electron chi connectivity index (χ2n) is 34.3. The van der Waals surface area contributed by atoms with E-state index in [4.69, 9.17) is 87.0 Å². The fourth-order valence-electron chi connectivity index (χ4n) is 16.4. The number of Topliss-reactive ketones (excluding diaryl/α,β-unsaturated/α-hetero) is 1. The molecule has 3 aromatic carbocycles. The van der Waals surface area contributed by atoms with Crippen molar-refractivity contribution in [3.63, 3.8) is 0 Å². The molecular formula is C96H140N8O32PS2-. The molecule has 7 unspecified atom stereocenters. The maximum absolute atomic E-state index is 14.8. The Morgan fingerprint density at radius 1 is 0.424 bits per heavy atom. The number of nitrogens with one attached hydrogen (secondary N) is 6. The number of rotatable bonds is 61. The standard InChI is InChI=1S/C96H140N8O32PS2/c1-59-87(99-62(4)105)93(134-78(56-126-65(7)108)90(59)130-68(10)111)123-51-23-19-31-74(114)30-18-22-47-103(84(118)33-21-25-53-125-95-89(101-64(6)107)61(3)92(132-70(12)113)80(136-95)58-128-67(9)110)49-27-50-104(48-26-46-97-81(115)32-20-24-52-124-94-88(100-63(5)106)60(2)91(131-69(11)112)79(135-94)57-127-66(8)109)85(119)44-42-82(116)98-54-77(133-86(120)45-43-83(117)102-139(137)138)55-129-96(71-28-16-15-17-29-71,72-34-38-75(121-13)39-35-72)73-36-40-76(122-14)41-37-73/h15-17,28-29,34-41,59-61,77-80,87-95,137H,18-27,30-33,42-58H2,1-14H3,(H,97,115)(H,98,116)(H,99,105)(H,100,106)(H,101,107)(H,102,117,138)/q-1/t59-,60-,61-,77?,78?,79?,80?,87?,88?,89?,90-,91-,92-,93-,94-,95-/m1/s1. The van der Waals surface area contributed by atoms with Gasteiger partial charge in [-0.15, -0.1) is 0 Å². The SMILES string of the molecule is COc1ccc(C(OCC(CNC(=O)CCC(=O)N(CCCNC(=O)CCCCO[C@@H]2OC(COC(C)=O)[C@H](OC(C)=O)[C@H](C)C2NC(C)=O)CCCN(CCCCC(=O)CCCCO[C@@H]2OC(COC(C)=O)[C@H](OC(C)=O)[C@H](C)C2NC(C)=O)C(=O)CCCCO[C@@H]2OC(COC(C)=O)[C@H](OC(C)=O)[C@H](C)C2NC(C)=O)OC(=O)CCC(=O)N[S-](=P)=S)(c2ccccc2)c2ccc(OC)cc2)cc1. The van der Waals surface area contributed by atoms with Crippen LogP contribution in [0.4, 0.5) is 0 Å². The Kier molecular flexibility index (Phi) is 52.3. The van der Waals surface area contributed by atoms with Crippen molar-refractivity contribution in [3.8, 4) is 11.5 Å². The molecule has 3 saturated heterocycles. The number of hydrogen-bond acceptors (Lipinski definition) is 34. The first kappa shape index (κ1) is 117. The van der Waals surface area contributed by atoms with Gasteiger partial charge in [0.25, 0.3) is 0 Å². The van der Waals surface area contributed by atoms with Gasteiger partial charge in [-0.25, -0.2) is 11.2 Å². The summed E-state index contributed by atoms with van der Waals surface area (Å²) in [6.07, 6.45) is -7.70. The predicted molar refractivity (Wildman–Crippen MR) is 507 cm³/mol. The van der Waals surface area contributed by atoms with Crippen molar-refractivity contribution >= 4 is 123 Å². The molecule has 3 aliphatic heterocycles. The minimum absolute atomic E-state index is 0.00758. The van der Waals surface area contributed by atoms with Crippen molar-refractivity contribution in [1.82, 2.24) is 41.1 Å². The summed E-state index contributed by atoms with van der Waals surface area (Å²) in [5.74, 6) is -8.48. The van der Waals surface area contributed by atoms with E-state index in [9.17, 15) is 76.7 Å². The molecule has 43 heteroatoms. The molecule has 8 amide bonds. The first-order valence-corrected chi connectivity index (χ1v) is 50.3. The number of nitrogens with zero attached hydrogens (tertiary/aromatic N) is 2. The second kappa shape index (κ2) is 62.0. The molecule has 3 aliphatic rings. The van der Waals surface area contributed by atoms with Crippen molar-refractivity contribution in [2.45, 2.75) is 284 Å². The maximum Gasteiger partial charge on any atom is 0.306 e. The van der Waals surface area contributed by atoms with Crippen molar-refractivity contribution in [1.29, 1.82) is 0 Å². The quantitative estimate of drug-likeness (QED) is 0.00854. The number of esters is 7. The molecule has 3 fully saturated rings. The van der Waals surface area contributed by atoms with E-state index in [0.717, 1.165) is 0 Å². The monoisotopic (exact) mass is 2010 g/mol. The van der Waals surface area contributed by atoms with Crippen LogP contribution in [0.5, 0.6) is 11.5 Å². The summed E-state index contributed by atoms with van der Waals surface area (Å²) >= 11 is 5.08. The van der Waals surface area contributed by atoms with Crippen molar-refractivity contribution in [2.75, 3.05) is 99.7 Å². The van der Waals surface area contributed by atoms with Crippen LogP contribution in [0.3, 0.4) is 0 Å². The number of amides is 8. The highest BCUT2D eigenvalue weighted by Crippen LogP contribution is 2.43. The highest BCUT2D eigenvalue weighted by Gasteiger charge is 2.51. The number of hydrogen-bond donors (Lipinski definition) is 6. The lowest BCUT2D eigenvalue weighted by molar-refractivity contribution is -0.262. The predicted octanol–water partition coefficient (Wildman–Crippen LogP) is 6.71. The topological polar surface area (TPSA) is 499 Å². The number of ether oxygens (including phenoxy) is 16. The fourth-order valence-corrected chi connectivity index (χ4v) is 17.4. The molecule has 0 bridgehead atoms. The van der Waals surface area contributed by atoms with Gasteiger partial charge in [0.1, 0.15) is 85.4 Å². The minimum Gasteiger partial charge on any atom is -0.497 e. The zero-order chi connectivity index (χ0) is 102. The van der Waals surface area contributed by atoms with Crippen LogP contribution in [0.1, 0.15) is 215 Å². The van der Waals surface area contributed by atoms with E-state index in [1.165, 1.54) is 81.4 Å². The molecule has 16 atom stereocenters. The van der Waals surface area contributed by atoms with Crippen LogP contribution in [0.25, 0.3) is 0 Å². The van der Waals surface area contributed by atoms with E-state index in [1.807, 2.05) is 54.6 Å². The highest BCUT2D eigenvalue weighted by atomic mass is 32.9. The van der Waals surface area contributed by atoms with E-state index in [0.29, 0.717) is 73.1 Å². The molecule has 6 N–H and O–H groups in total. The summed E-state index contributed by atoms with van der Waals surface area (Å²) in [5, 5.41) is 14.2. The number of carbonyl (C=O) groups excluding carboxylic acids is 16. The Bertz CT molecular complexity index is 4510. The third-order valence-corrected chi connectivity index (χ3v) is 24.2. The lowest BCUT2D eigenvalue weighted by Gasteiger charge is -2.44. The second-order valence-corrected chi connectivity index (χ2v) is 38.2. The molecule has 139 heavy (non-hydrogen) atoms. The van der Waals surface area contributed by atoms with Crippen molar-refractivity contribution < 1.29 is 153 Å². The molecule has 0 spiro atoms. The summed E-state index contributed by atoms with van der Waals surface area (Å²) < 4.78 is 96.4. The average Bonchev–Trinajstić information content (AvgIpc) is 0.749. The van der Waals surface area contributed by atoms with E-state index in [1.54, 1.807) is 49.9 Å². The molecule has 0 radical (unpaired) electrons. The Labute approximate surface area is 820 Å². The maximum atomic E-state index is 14.8. The third kappa shape index (κ3) is 41.7. The largest absolute Gasteiger partial charge is 0.497 e. The molecule has 3 heterocycles. The fraction of sp³-hybridized carbons (Fsp3) is 0.646. The van der Waals surface area contributed by atoms with Crippen LogP contribution in [0, 0.1) is 17.8 Å². The lowest BCUT2D eigenvalue weighted by Crippen LogP contribution is -2.62. The van der Waals surface area contributed by atoms with E-state index in [-0.39, 0.29) is 174 Å². The lowest BCUT2D eigenvalue weighted by atomic mass is 9.80. The number of ketones is 1. The van der Waals surface area contributed by atoms with E-state index < -0.39 is 189 Å². The first-order valence-electron chi connectivity index (χ1n) is 47.0. The summed E-state index contributed by atoms with van der Waals surface area (Å²) in [6.45, 7) is 15.7. The molecule has 0 aromatic heterocycles. The third-order valence-electron chi connectivity index (χ3n) is 23.2. The van der Waals surface area contributed by atoms with Gasteiger partial charge >= 0.3 is 41.8 Å². The van der Waals surface area contributed by atoms with Crippen LogP contribution in [0.2, 0.25) is 0 Å². The summed E-state index contributed by atoms with van der Waals surface area (Å²) in [4.78, 5) is 210. The normalized spacial score (nSPS) is 21.3. The molecular weight excluding hydrogens is 1870 g/mol. The van der Waals surface area contributed by atoms with Crippen LogP contribution in [-0.4, -0.2) is 284 Å². The van der Waals surface area contributed by atoms with Gasteiger partial charge in [-0.05, 0) is 105 Å². The number of unbranched alkanes of at least 4 members (excludes halogenated alkanes) is 4. The molecule has 3 aromatic rings. The van der Waals surface area contributed by atoms with Crippen LogP contribution < -0.4 is 40.8 Å². The number of benzene rings is 3. The van der Waals surface area contributed by atoms with Crippen molar-refractivity contribution in [3.05, 3.63) is 95.6 Å². The average molecular weight is 2010 g/mol. The van der Waals surface area contributed by atoms with Crippen LogP contribution >= 0.6 is 8.02 Å². The van der Waals surface area contributed by atoms with Gasteiger partial charge in [0.05, 0.1) is 51.9 Å². The summed E-state index contributed by atoms with van der Waals surface area (Å²) in [5.41, 5.74) is 0.545. The molecule has 40 nitrogen and oxygen atoms in total. The zero-order valence-corrected chi connectivity index (χ0v) is 84.6. The van der Waals surface area contributed by atoms with Gasteiger partial charge in [0.2, 0.25) is 47.3 Å². The molecule has 774 valence electrons. The van der Waals surface area contributed by atoms with Gasteiger partial charge in [0.15, 0.2) is 18.9 Å². The summed E-state index contributed by atoms with van der Waals surface area (Å²) in [7, 11) is 5.18. The highest BCUT2D eigenvalue weighted by molar-refractivity contribution is 8.38. The molecule has 0 saturated carbocycles. The zero-order valence-electron chi connectivity index (χ0n) is 81.9. The van der Waals surface area contributed by atoms with Gasteiger partial charge < -0.3 is 117 Å². The molecule has 6 rings (SSSR count). The Hall–Kier alpha value is -10.4. The van der Waals surface area contributed by atoms with E-state index in [2.05, 4.69) is 39.3 Å². The van der Waals surface area contributed by atoms with Gasteiger partial charge in [-0.2, -0.15) is 0 Å². The van der Waals surface area contributed by atoms with E-state index >= 15 is 0 Å². The van der Waals surface area contributed by atoms with Gasteiger partial charge in [-0.1, -0.05) is 75.4 Å². The Balaban J connectivity index is 1.21. The van der Waals surface area contributed by atoms with Gasteiger partial charge in [0, 0.05) is 178 Å². The minimum atomic E-state index is -1.42. The van der Waals surface area contributed by atoms with Gasteiger partial charge in [-0.3, -0.25) is 93.5 Å². The van der Waals surface area contributed by atoms with Crippen LogP contribution in [-0.2, 0) is 169 Å². The smallest absolute Gasteiger partial charge is 0.306 e. The molecule has 0 aliphatic carbocycles. The Morgan fingerprint density at radius 3 is 1.20 bits per heavy atom. The Morgan fingerprint density at radius 2 is 0.799 bits per heavy atom. The number of methoxy groups -OCH3 is 2. The number of carbonyl (C=O) groups is 16. The van der Waals surface area contributed by atoms with Crippen molar-refractivity contribution in [2.24, 2.45) is 17.8 Å².